The molecule has 1 heterocycles. The molecule has 0 saturated carbocycles. The van der Waals surface area contributed by atoms with E-state index in [1.165, 1.54) is 0 Å². The second kappa shape index (κ2) is 10.4. The zero-order valence-electron chi connectivity index (χ0n) is 9.36. The smallest absolute Gasteiger partial charge is 0.181 e. The zero-order chi connectivity index (χ0) is 11.5. The van der Waals surface area contributed by atoms with Crippen LogP contribution >= 0.6 is 15.9 Å². The van der Waals surface area contributed by atoms with E-state index in [-0.39, 0.29) is 6.29 Å². The van der Waals surface area contributed by atoms with Gasteiger partial charge in [-0.3, -0.25) is 0 Å². The summed E-state index contributed by atoms with van der Waals surface area (Å²) in [5, 5.41) is 0.859. The number of alkyl halides is 1. The van der Waals surface area contributed by atoms with Crippen LogP contribution in [-0.4, -0.2) is 64.5 Å². The van der Waals surface area contributed by atoms with Gasteiger partial charge in [0.05, 0.1) is 52.9 Å². The number of rotatable bonds is 10. The van der Waals surface area contributed by atoms with Crippen molar-refractivity contribution in [2.24, 2.45) is 0 Å². The molecule has 16 heavy (non-hydrogen) atoms. The summed E-state index contributed by atoms with van der Waals surface area (Å²) < 4.78 is 26.3. The SMILES string of the molecule is BrCCOCCOCCOCC1OCCO1. The first-order valence-corrected chi connectivity index (χ1v) is 6.58. The van der Waals surface area contributed by atoms with Crippen LogP contribution in [0.4, 0.5) is 0 Å². The van der Waals surface area contributed by atoms with Gasteiger partial charge in [-0.15, -0.1) is 0 Å². The van der Waals surface area contributed by atoms with Crippen LogP contribution in [0.3, 0.4) is 0 Å². The molecule has 0 aromatic carbocycles. The molecule has 0 atom stereocenters. The molecule has 0 bridgehead atoms. The molecule has 0 radical (unpaired) electrons. The summed E-state index contributed by atoms with van der Waals surface area (Å²) in [5.74, 6) is 0. The second-order valence-corrected chi connectivity index (χ2v) is 3.95. The van der Waals surface area contributed by atoms with Crippen molar-refractivity contribution in [2.75, 3.05) is 58.2 Å². The Hall–Kier alpha value is 0.280. The molecule has 96 valence electrons. The minimum atomic E-state index is -0.192. The van der Waals surface area contributed by atoms with E-state index in [0.717, 1.165) is 11.9 Å². The summed E-state index contributed by atoms with van der Waals surface area (Å²) >= 11 is 3.28. The predicted molar refractivity (Wildman–Crippen MR) is 61.9 cm³/mol. The fraction of sp³-hybridized carbons (Fsp3) is 1.00. The molecular formula is C10H19BrO5. The third-order valence-electron chi connectivity index (χ3n) is 1.91. The molecule has 0 N–H and O–H groups in total. The lowest BCUT2D eigenvalue weighted by molar-refractivity contribution is -0.100. The fourth-order valence-electron chi connectivity index (χ4n) is 1.18. The van der Waals surface area contributed by atoms with Gasteiger partial charge in [-0.05, 0) is 0 Å². The molecule has 0 aromatic rings. The molecule has 6 heteroatoms. The zero-order valence-corrected chi connectivity index (χ0v) is 10.9. The first kappa shape index (κ1) is 14.3. The molecule has 0 aliphatic carbocycles. The Balaban J connectivity index is 1.71. The third-order valence-corrected chi connectivity index (χ3v) is 2.23. The largest absolute Gasteiger partial charge is 0.378 e. The summed E-state index contributed by atoms with van der Waals surface area (Å²) in [6, 6.07) is 0. The maximum Gasteiger partial charge on any atom is 0.181 e. The van der Waals surface area contributed by atoms with Crippen molar-refractivity contribution in [3.63, 3.8) is 0 Å². The van der Waals surface area contributed by atoms with Crippen molar-refractivity contribution in [3.05, 3.63) is 0 Å². The van der Waals surface area contributed by atoms with Crippen molar-refractivity contribution in [3.8, 4) is 0 Å². The Morgan fingerprint density at radius 3 is 2.06 bits per heavy atom. The molecule has 1 fully saturated rings. The lowest BCUT2D eigenvalue weighted by Gasteiger charge is -2.09. The number of ether oxygens (including phenoxy) is 5. The molecular weight excluding hydrogens is 280 g/mol. The quantitative estimate of drug-likeness (QED) is 0.441. The first-order chi connectivity index (χ1) is 7.93. The number of hydrogen-bond acceptors (Lipinski definition) is 5. The van der Waals surface area contributed by atoms with E-state index >= 15 is 0 Å². The highest BCUT2D eigenvalue weighted by atomic mass is 79.9. The maximum atomic E-state index is 5.32. The van der Waals surface area contributed by atoms with E-state index in [9.17, 15) is 0 Å². The monoisotopic (exact) mass is 298 g/mol. The first-order valence-electron chi connectivity index (χ1n) is 5.46. The highest BCUT2D eigenvalue weighted by molar-refractivity contribution is 9.09. The van der Waals surface area contributed by atoms with Crippen LogP contribution in [0.2, 0.25) is 0 Å². The lowest BCUT2D eigenvalue weighted by atomic mass is 10.6. The number of halogens is 1. The average Bonchev–Trinajstić information content (AvgIpc) is 2.80. The van der Waals surface area contributed by atoms with Crippen molar-refractivity contribution in [2.45, 2.75) is 6.29 Å². The summed E-state index contributed by atoms with van der Waals surface area (Å²) in [7, 11) is 0. The van der Waals surface area contributed by atoms with E-state index < -0.39 is 0 Å². The van der Waals surface area contributed by atoms with Crippen LogP contribution in [0.25, 0.3) is 0 Å². The Morgan fingerprint density at radius 2 is 1.44 bits per heavy atom. The van der Waals surface area contributed by atoms with Crippen LogP contribution in [0.15, 0.2) is 0 Å². The number of hydrogen-bond donors (Lipinski definition) is 0. The Bertz CT molecular complexity index is 152. The highest BCUT2D eigenvalue weighted by Crippen LogP contribution is 2.03. The third kappa shape index (κ3) is 7.54. The van der Waals surface area contributed by atoms with Gasteiger partial charge in [-0.25, -0.2) is 0 Å². The van der Waals surface area contributed by atoms with Gasteiger partial charge in [0.15, 0.2) is 6.29 Å². The molecule has 0 spiro atoms. The fourth-order valence-corrected chi connectivity index (χ4v) is 1.41. The lowest BCUT2D eigenvalue weighted by Crippen LogP contribution is -2.18. The normalized spacial score (nSPS) is 17.1. The molecule has 1 saturated heterocycles. The van der Waals surface area contributed by atoms with Gasteiger partial charge in [0.25, 0.3) is 0 Å². The minimum Gasteiger partial charge on any atom is -0.378 e. The van der Waals surface area contributed by atoms with E-state index in [1.807, 2.05) is 0 Å². The molecule has 0 aromatic heterocycles. The molecule has 5 nitrogen and oxygen atoms in total. The van der Waals surface area contributed by atoms with E-state index in [1.54, 1.807) is 0 Å². The van der Waals surface area contributed by atoms with E-state index in [0.29, 0.717) is 46.2 Å². The van der Waals surface area contributed by atoms with Crippen LogP contribution in [0.1, 0.15) is 0 Å². The summed E-state index contributed by atoms with van der Waals surface area (Å²) in [6.07, 6.45) is -0.192. The molecule has 1 aliphatic rings. The Labute approximate surface area is 104 Å². The second-order valence-electron chi connectivity index (χ2n) is 3.16. The van der Waals surface area contributed by atoms with Gasteiger partial charge >= 0.3 is 0 Å². The van der Waals surface area contributed by atoms with Crippen LogP contribution in [-0.2, 0) is 23.7 Å². The summed E-state index contributed by atoms with van der Waals surface area (Å²) in [4.78, 5) is 0. The molecule has 1 rings (SSSR count). The van der Waals surface area contributed by atoms with Gasteiger partial charge in [-0.1, -0.05) is 15.9 Å². The van der Waals surface area contributed by atoms with E-state index in [4.69, 9.17) is 23.7 Å². The predicted octanol–water partition coefficient (Wildman–Crippen LogP) is 0.804. The van der Waals surface area contributed by atoms with Crippen molar-refractivity contribution < 1.29 is 23.7 Å². The summed E-state index contributed by atoms with van der Waals surface area (Å²) in [6.45, 7) is 4.88. The minimum absolute atomic E-state index is 0.192. The van der Waals surface area contributed by atoms with Gasteiger partial charge in [-0.2, -0.15) is 0 Å². The maximum absolute atomic E-state index is 5.32. The summed E-state index contributed by atoms with van der Waals surface area (Å²) in [5.41, 5.74) is 0. The van der Waals surface area contributed by atoms with E-state index in [2.05, 4.69) is 15.9 Å². The average molecular weight is 299 g/mol. The van der Waals surface area contributed by atoms with Gasteiger partial charge < -0.3 is 23.7 Å². The highest BCUT2D eigenvalue weighted by Gasteiger charge is 2.15. The Kier molecular flexibility index (Phi) is 9.35. The molecule has 1 aliphatic heterocycles. The standard InChI is InChI=1S/C10H19BrO5/c11-1-2-12-3-4-13-5-6-14-9-10-15-7-8-16-10/h10H,1-9H2. The van der Waals surface area contributed by atoms with Gasteiger partial charge in [0.1, 0.15) is 0 Å². The van der Waals surface area contributed by atoms with Gasteiger partial charge in [0, 0.05) is 5.33 Å². The van der Waals surface area contributed by atoms with Crippen molar-refractivity contribution in [1.29, 1.82) is 0 Å². The van der Waals surface area contributed by atoms with Crippen molar-refractivity contribution in [1.82, 2.24) is 0 Å². The van der Waals surface area contributed by atoms with Crippen LogP contribution in [0.5, 0.6) is 0 Å². The van der Waals surface area contributed by atoms with Gasteiger partial charge in [0.2, 0.25) is 0 Å². The molecule has 0 amide bonds. The molecule has 0 unspecified atom stereocenters. The van der Waals surface area contributed by atoms with Crippen LogP contribution < -0.4 is 0 Å². The van der Waals surface area contributed by atoms with Crippen LogP contribution in [0, 0.1) is 0 Å². The topological polar surface area (TPSA) is 46.2 Å². The van der Waals surface area contributed by atoms with Crippen molar-refractivity contribution >= 4 is 15.9 Å². The Morgan fingerprint density at radius 1 is 0.875 bits per heavy atom.